The van der Waals surface area contributed by atoms with Gasteiger partial charge in [-0.25, -0.2) is 0 Å². The lowest BCUT2D eigenvalue weighted by atomic mass is 9.86. The predicted molar refractivity (Wildman–Crippen MR) is 65.3 cm³/mol. The first-order valence-corrected chi connectivity index (χ1v) is 6.25. The molecule has 0 aromatic carbocycles. The second-order valence-corrected chi connectivity index (χ2v) is 5.25. The number of aliphatic hydroxyl groups is 1. The number of nitrogens with two attached hydrogens (primary N) is 1. The summed E-state index contributed by atoms with van der Waals surface area (Å²) in [6, 6.07) is 0.286. The lowest BCUT2D eigenvalue weighted by Gasteiger charge is -2.42. The molecule has 1 aliphatic rings. The fourth-order valence-corrected chi connectivity index (χ4v) is 2.64. The summed E-state index contributed by atoms with van der Waals surface area (Å²) in [5.41, 5.74) is 5.89. The summed E-state index contributed by atoms with van der Waals surface area (Å²) in [7, 11) is 0. The average Bonchev–Trinajstić information content (AvgIpc) is 2.16. The van der Waals surface area contributed by atoms with Gasteiger partial charge >= 0.3 is 0 Å². The minimum Gasteiger partial charge on any atom is -0.393 e. The second-order valence-electron chi connectivity index (χ2n) is 5.25. The van der Waals surface area contributed by atoms with E-state index in [0.717, 1.165) is 25.9 Å². The van der Waals surface area contributed by atoms with Crippen LogP contribution in [0.15, 0.2) is 0 Å². The molecule has 1 fully saturated rings. The molecule has 0 amide bonds. The van der Waals surface area contributed by atoms with Crippen LogP contribution in [0.4, 0.5) is 0 Å². The fourth-order valence-electron chi connectivity index (χ4n) is 2.64. The number of hydrogen-bond acceptors (Lipinski definition) is 4. The van der Waals surface area contributed by atoms with Crippen LogP contribution in [-0.4, -0.2) is 42.0 Å². The van der Waals surface area contributed by atoms with Crippen molar-refractivity contribution in [2.24, 2.45) is 5.73 Å². The lowest BCUT2D eigenvalue weighted by molar-refractivity contribution is -0.0203. The SMILES string of the molecule is CC(O)CC(C)NC1(CN)CCOC(C)C1. The lowest BCUT2D eigenvalue weighted by Crippen LogP contribution is -2.59. The first-order valence-electron chi connectivity index (χ1n) is 6.25. The Bertz CT molecular complexity index is 211. The van der Waals surface area contributed by atoms with Crippen molar-refractivity contribution in [1.29, 1.82) is 0 Å². The van der Waals surface area contributed by atoms with Gasteiger partial charge in [-0.1, -0.05) is 0 Å². The molecule has 96 valence electrons. The molecule has 4 atom stereocenters. The van der Waals surface area contributed by atoms with E-state index in [0.29, 0.717) is 6.54 Å². The first-order chi connectivity index (χ1) is 7.47. The van der Waals surface area contributed by atoms with Gasteiger partial charge in [0.05, 0.1) is 12.2 Å². The Hall–Kier alpha value is -0.160. The van der Waals surface area contributed by atoms with Gasteiger partial charge in [-0.15, -0.1) is 0 Å². The molecule has 0 radical (unpaired) electrons. The van der Waals surface area contributed by atoms with Crippen molar-refractivity contribution in [2.45, 2.75) is 63.8 Å². The quantitative estimate of drug-likeness (QED) is 0.648. The van der Waals surface area contributed by atoms with Gasteiger partial charge in [0, 0.05) is 24.7 Å². The molecule has 1 heterocycles. The number of nitrogens with one attached hydrogen (secondary N) is 1. The van der Waals surface area contributed by atoms with Gasteiger partial charge in [-0.05, 0) is 40.0 Å². The van der Waals surface area contributed by atoms with E-state index in [1.807, 2.05) is 6.92 Å². The fraction of sp³-hybridized carbons (Fsp3) is 1.00. The summed E-state index contributed by atoms with van der Waals surface area (Å²) in [5.74, 6) is 0. The van der Waals surface area contributed by atoms with E-state index in [1.54, 1.807) is 0 Å². The second kappa shape index (κ2) is 5.96. The van der Waals surface area contributed by atoms with Gasteiger partial charge in [-0.3, -0.25) is 0 Å². The van der Waals surface area contributed by atoms with Crippen molar-refractivity contribution < 1.29 is 9.84 Å². The smallest absolute Gasteiger partial charge is 0.0565 e. The maximum Gasteiger partial charge on any atom is 0.0565 e. The van der Waals surface area contributed by atoms with E-state index in [1.165, 1.54) is 0 Å². The maximum atomic E-state index is 9.36. The standard InChI is InChI=1S/C12H26N2O2/c1-9(6-10(2)15)14-12(8-13)4-5-16-11(3)7-12/h9-11,14-15H,4-8,13H2,1-3H3. The topological polar surface area (TPSA) is 67.5 Å². The van der Waals surface area contributed by atoms with E-state index in [2.05, 4.69) is 19.2 Å². The van der Waals surface area contributed by atoms with Gasteiger partial charge in [0.15, 0.2) is 0 Å². The highest BCUT2D eigenvalue weighted by molar-refractivity contribution is 4.95. The minimum atomic E-state index is -0.269. The Morgan fingerprint density at radius 2 is 2.25 bits per heavy atom. The molecule has 1 rings (SSSR count). The summed E-state index contributed by atoms with van der Waals surface area (Å²) in [4.78, 5) is 0. The summed E-state index contributed by atoms with van der Waals surface area (Å²) >= 11 is 0. The van der Waals surface area contributed by atoms with Crippen LogP contribution in [0.5, 0.6) is 0 Å². The Morgan fingerprint density at radius 1 is 1.56 bits per heavy atom. The van der Waals surface area contributed by atoms with Crippen molar-refractivity contribution in [2.75, 3.05) is 13.2 Å². The van der Waals surface area contributed by atoms with Crippen molar-refractivity contribution in [1.82, 2.24) is 5.32 Å². The zero-order valence-electron chi connectivity index (χ0n) is 10.7. The third-order valence-corrected chi connectivity index (χ3v) is 3.30. The molecule has 0 spiro atoms. The van der Waals surface area contributed by atoms with Crippen molar-refractivity contribution in [3.05, 3.63) is 0 Å². The van der Waals surface area contributed by atoms with E-state index >= 15 is 0 Å². The molecule has 4 heteroatoms. The highest BCUT2D eigenvalue weighted by Crippen LogP contribution is 2.24. The van der Waals surface area contributed by atoms with Gasteiger partial charge in [-0.2, -0.15) is 0 Å². The van der Waals surface area contributed by atoms with Gasteiger partial charge in [0.25, 0.3) is 0 Å². The first kappa shape index (κ1) is 13.9. The summed E-state index contributed by atoms with van der Waals surface area (Å²) < 4.78 is 5.55. The Balaban J connectivity index is 2.52. The molecular weight excluding hydrogens is 204 g/mol. The molecule has 1 aliphatic heterocycles. The average molecular weight is 230 g/mol. The van der Waals surface area contributed by atoms with Gasteiger partial charge in [0.2, 0.25) is 0 Å². The Kier molecular flexibility index (Phi) is 5.18. The number of rotatable bonds is 5. The van der Waals surface area contributed by atoms with Gasteiger partial charge in [0.1, 0.15) is 0 Å². The van der Waals surface area contributed by atoms with E-state index in [9.17, 15) is 5.11 Å². The monoisotopic (exact) mass is 230 g/mol. The molecule has 16 heavy (non-hydrogen) atoms. The third kappa shape index (κ3) is 4.01. The molecule has 0 bridgehead atoms. The molecule has 4 N–H and O–H groups in total. The molecule has 0 aromatic rings. The third-order valence-electron chi connectivity index (χ3n) is 3.30. The van der Waals surface area contributed by atoms with E-state index in [4.69, 9.17) is 10.5 Å². The Morgan fingerprint density at radius 3 is 2.75 bits per heavy atom. The van der Waals surface area contributed by atoms with Crippen LogP contribution in [0.25, 0.3) is 0 Å². The predicted octanol–water partition coefficient (Wildman–Crippen LogP) is 0.632. The summed E-state index contributed by atoms with van der Waals surface area (Å²) in [5, 5.41) is 12.9. The van der Waals surface area contributed by atoms with Crippen LogP contribution in [0.1, 0.15) is 40.0 Å². The molecular formula is C12H26N2O2. The van der Waals surface area contributed by atoms with E-state index < -0.39 is 0 Å². The van der Waals surface area contributed by atoms with Crippen molar-refractivity contribution in [3.63, 3.8) is 0 Å². The van der Waals surface area contributed by atoms with Gasteiger partial charge < -0.3 is 20.9 Å². The van der Waals surface area contributed by atoms with Crippen molar-refractivity contribution >= 4 is 0 Å². The Labute approximate surface area is 98.5 Å². The van der Waals surface area contributed by atoms with Crippen LogP contribution in [-0.2, 0) is 4.74 Å². The zero-order valence-corrected chi connectivity index (χ0v) is 10.7. The number of hydrogen-bond donors (Lipinski definition) is 3. The molecule has 0 saturated carbocycles. The molecule has 0 aliphatic carbocycles. The van der Waals surface area contributed by atoms with Crippen LogP contribution in [0.3, 0.4) is 0 Å². The van der Waals surface area contributed by atoms with Crippen LogP contribution >= 0.6 is 0 Å². The minimum absolute atomic E-state index is 0.00796. The zero-order chi connectivity index (χ0) is 12.2. The van der Waals surface area contributed by atoms with Crippen LogP contribution < -0.4 is 11.1 Å². The van der Waals surface area contributed by atoms with Crippen molar-refractivity contribution in [3.8, 4) is 0 Å². The number of ether oxygens (including phenoxy) is 1. The highest BCUT2D eigenvalue weighted by Gasteiger charge is 2.35. The van der Waals surface area contributed by atoms with Crippen LogP contribution in [0.2, 0.25) is 0 Å². The summed E-state index contributed by atoms with van der Waals surface area (Å²) in [6.07, 6.45) is 2.67. The molecule has 4 unspecified atom stereocenters. The maximum absolute atomic E-state index is 9.36. The number of aliphatic hydroxyl groups excluding tert-OH is 1. The summed E-state index contributed by atoms with van der Waals surface area (Å²) in [6.45, 7) is 7.41. The largest absolute Gasteiger partial charge is 0.393 e. The van der Waals surface area contributed by atoms with E-state index in [-0.39, 0.29) is 23.8 Å². The molecule has 4 nitrogen and oxygen atoms in total. The van der Waals surface area contributed by atoms with Crippen LogP contribution in [0, 0.1) is 0 Å². The molecule has 0 aromatic heterocycles. The normalized spacial score (nSPS) is 34.7. The highest BCUT2D eigenvalue weighted by atomic mass is 16.5. The molecule has 1 saturated heterocycles.